The molecule has 3 N–H and O–H groups in total. The second-order valence-electron chi connectivity index (χ2n) is 11.4. The zero-order valence-electron chi connectivity index (χ0n) is 22.8. The van der Waals surface area contributed by atoms with Gasteiger partial charge in [-0.1, -0.05) is 38.1 Å². The lowest BCUT2D eigenvalue weighted by Gasteiger charge is -2.38. The van der Waals surface area contributed by atoms with Crippen molar-refractivity contribution in [2.45, 2.75) is 108 Å². The van der Waals surface area contributed by atoms with Gasteiger partial charge >= 0.3 is 0 Å². The van der Waals surface area contributed by atoms with Gasteiger partial charge in [-0.15, -0.1) is 0 Å². The quantitative estimate of drug-likeness (QED) is 0.498. The highest BCUT2D eigenvalue weighted by Crippen LogP contribution is 2.34. The second-order valence-corrected chi connectivity index (χ2v) is 11.4. The number of likely N-dealkylation sites (N-methyl/N-ethyl adjacent to an activating group) is 1. The Morgan fingerprint density at radius 1 is 1.03 bits per heavy atom. The molecule has 37 heavy (non-hydrogen) atoms. The van der Waals surface area contributed by atoms with Gasteiger partial charge in [-0.25, -0.2) is 0 Å². The topological polar surface area (TPSA) is 99.8 Å². The van der Waals surface area contributed by atoms with Crippen molar-refractivity contribution in [2.24, 2.45) is 5.92 Å². The van der Waals surface area contributed by atoms with Crippen molar-refractivity contribution in [1.29, 1.82) is 0 Å². The Kier molecular flexibility index (Phi) is 9.24. The van der Waals surface area contributed by atoms with E-state index in [1.165, 1.54) is 11.1 Å². The summed E-state index contributed by atoms with van der Waals surface area (Å²) < 4.78 is 6.17. The van der Waals surface area contributed by atoms with Crippen molar-refractivity contribution in [3.8, 4) is 0 Å². The summed E-state index contributed by atoms with van der Waals surface area (Å²) in [4.78, 5) is 42.2. The molecule has 1 aromatic carbocycles. The van der Waals surface area contributed by atoms with Gasteiger partial charge in [0.15, 0.2) is 0 Å². The maximum atomic E-state index is 14.0. The van der Waals surface area contributed by atoms with Crippen LogP contribution in [0.5, 0.6) is 0 Å². The number of nitrogens with one attached hydrogen (secondary N) is 3. The van der Waals surface area contributed by atoms with Gasteiger partial charge in [-0.3, -0.25) is 14.4 Å². The Morgan fingerprint density at radius 3 is 2.54 bits per heavy atom. The average molecular weight is 513 g/mol. The number of hydrogen-bond acceptors (Lipinski definition) is 5. The van der Waals surface area contributed by atoms with E-state index < -0.39 is 18.1 Å². The minimum absolute atomic E-state index is 0.0199. The fourth-order valence-corrected chi connectivity index (χ4v) is 6.00. The summed E-state index contributed by atoms with van der Waals surface area (Å²) in [5.74, 6) is -0.0836. The minimum Gasteiger partial charge on any atom is -0.378 e. The van der Waals surface area contributed by atoms with Crippen LogP contribution in [-0.4, -0.2) is 66.5 Å². The van der Waals surface area contributed by atoms with E-state index in [0.29, 0.717) is 25.4 Å². The van der Waals surface area contributed by atoms with Crippen molar-refractivity contribution < 1.29 is 19.1 Å². The molecular weight excluding hydrogens is 468 g/mol. The molecule has 8 nitrogen and oxygen atoms in total. The monoisotopic (exact) mass is 512 g/mol. The first kappa shape index (κ1) is 27.6. The van der Waals surface area contributed by atoms with E-state index in [0.717, 1.165) is 38.5 Å². The molecule has 1 aliphatic carbocycles. The number of rotatable bonds is 8. The van der Waals surface area contributed by atoms with Gasteiger partial charge in [-0.2, -0.15) is 0 Å². The molecule has 0 unspecified atom stereocenters. The van der Waals surface area contributed by atoms with Gasteiger partial charge in [0, 0.05) is 19.1 Å². The van der Waals surface area contributed by atoms with Crippen molar-refractivity contribution in [1.82, 2.24) is 20.9 Å². The molecule has 6 atom stereocenters. The molecule has 2 heterocycles. The fourth-order valence-electron chi connectivity index (χ4n) is 6.00. The van der Waals surface area contributed by atoms with Gasteiger partial charge in [0.2, 0.25) is 17.7 Å². The molecule has 4 rings (SSSR count). The van der Waals surface area contributed by atoms with Crippen LogP contribution in [0.3, 0.4) is 0 Å². The largest absolute Gasteiger partial charge is 0.378 e. The normalized spacial score (nSPS) is 28.6. The molecule has 2 aliphatic heterocycles. The van der Waals surface area contributed by atoms with Crippen molar-refractivity contribution in [3.05, 3.63) is 35.4 Å². The number of carbonyl (C=O) groups excluding carboxylic acids is 3. The van der Waals surface area contributed by atoms with Crippen molar-refractivity contribution in [3.63, 3.8) is 0 Å². The minimum atomic E-state index is -0.716. The molecule has 8 heteroatoms. The standard InChI is InChI=1S/C29H44N4O4/c1-18(2)17-37-22-14-12-21-13-15-26(33(21)29(36)25(16-22)32-27(34)19(3)30-4)28(35)31-24-11-7-9-20-8-5-6-10-23(20)24/h5-6,8,10,18-19,21-22,24-26,30H,7,9,11-17H2,1-4H3,(H,31,35)(H,32,34)/t19-,21-,22+,24+,25-,26-/m0/s1. The Balaban J connectivity index is 1.52. The van der Waals surface area contributed by atoms with Crippen LogP contribution in [0.2, 0.25) is 0 Å². The molecule has 3 amide bonds. The first-order valence-corrected chi connectivity index (χ1v) is 14.1. The van der Waals surface area contributed by atoms with Crippen LogP contribution in [0.4, 0.5) is 0 Å². The molecule has 0 aromatic heterocycles. The second kappa shape index (κ2) is 12.4. The summed E-state index contributed by atoms with van der Waals surface area (Å²) in [7, 11) is 1.72. The van der Waals surface area contributed by atoms with Gasteiger partial charge in [0.1, 0.15) is 12.1 Å². The summed E-state index contributed by atoms with van der Waals surface area (Å²) in [5, 5.41) is 9.19. The third-order valence-electron chi connectivity index (χ3n) is 8.17. The van der Waals surface area contributed by atoms with Crippen LogP contribution in [0.1, 0.15) is 82.9 Å². The van der Waals surface area contributed by atoms with E-state index >= 15 is 0 Å². The SMILES string of the molecule is CN[C@@H](C)C(=O)N[C@H]1C[C@H](OCC(C)C)CC[C@H]2CC[C@@H](C(=O)N[C@@H]3CCCc4ccccc43)N2C1=O. The van der Waals surface area contributed by atoms with Crippen LogP contribution in [0.25, 0.3) is 0 Å². The number of hydrogen-bond donors (Lipinski definition) is 3. The first-order valence-electron chi connectivity index (χ1n) is 14.1. The van der Waals surface area contributed by atoms with Gasteiger partial charge in [0.05, 0.1) is 18.2 Å². The Bertz CT molecular complexity index is 967. The number of benzene rings is 1. The van der Waals surface area contributed by atoms with Crippen molar-refractivity contribution >= 4 is 17.7 Å². The lowest BCUT2D eigenvalue weighted by atomic mass is 9.87. The predicted molar refractivity (Wildman–Crippen MR) is 143 cm³/mol. The fraction of sp³-hybridized carbons (Fsp3) is 0.690. The van der Waals surface area contributed by atoms with E-state index in [9.17, 15) is 14.4 Å². The Morgan fingerprint density at radius 2 is 1.78 bits per heavy atom. The molecule has 2 fully saturated rings. The number of aryl methyl sites for hydroxylation is 1. The van der Waals surface area contributed by atoms with Crippen LogP contribution in [-0.2, 0) is 25.5 Å². The van der Waals surface area contributed by atoms with Gasteiger partial charge < -0.3 is 25.6 Å². The smallest absolute Gasteiger partial charge is 0.246 e. The molecular formula is C29H44N4O4. The molecule has 0 spiro atoms. The molecule has 0 saturated carbocycles. The molecule has 0 radical (unpaired) electrons. The maximum Gasteiger partial charge on any atom is 0.246 e. The summed E-state index contributed by atoms with van der Waals surface area (Å²) in [6, 6.07) is 6.61. The molecule has 1 aromatic rings. The van der Waals surface area contributed by atoms with Gasteiger partial charge in [0.25, 0.3) is 0 Å². The summed E-state index contributed by atoms with van der Waals surface area (Å²) in [5.41, 5.74) is 2.48. The lowest BCUT2D eigenvalue weighted by Crippen LogP contribution is -2.59. The zero-order valence-corrected chi connectivity index (χ0v) is 22.8. The van der Waals surface area contributed by atoms with E-state index in [4.69, 9.17) is 4.74 Å². The highest BCUT2D eigenvalue weighted by atomic mass is 16.5. The van der Waals surface area contributed by atoms with E-state index in [1.54, 1.807) is 18.9 Å². The third kappa shape index (κ3) is 6.52. The van der Waals surface area contributed by atoms with Crippen LogP contribution in [0.15, 0.2) is 24.3 Å². The summed E-state index contributed by atoms with van der Waals surface area (Å²) in [6.07, 6.45) is 6.33. The highest BCUT2D eigenvalue weighted by molar-refractivity contribution is 5.94. The number of ether oxygens (including phenoxy) is 1. The Hall–Kier alpha value is -2.45. The number of carbonyl (C=O) groups is 3. The van der Waals surface area contributed by atoms with E-state index in [2.05, 4.69) is 41.9 Å². The van der Waals surface area contributed by atoms with E-state index in [-0.39, 0.29) is 35.9 Å². The molecule has 3 aliphatic rings. The highest BCUT2D eigenvalue weighted by Gasteiger charge is 2.45. The molecule has 2 saturated heterocycles. The average Bonchev–Trinajstić information content (AvgIpc) is 3.31. The first-order chi connectivity index (χ1) is 17.8. The summed E-state index contributed by atoms with van der Waals surface area (Å²) >= 11 is 0. The van der Waals surface area contributed by atoms with Crippen LogP contribution < -0.4 is 16.0 Å². The van der Waals surface area contributed by atoms with Crippen LogP contribution in [0, 0.1) is 5.92 Å². The zero-order chi connectivity index (χ0) is 26.5. The summed E-state index contributed by atoms with van der Waals surface area (Å²) in [6.45, 7) is 6.60. The number of fused-ring (bicyclic) bond motifs is 2. The number of nitrogens with zero attached hydrogens (tertiary/aromatic N) is 1. The van der Waals surface area contributed by atoms with Crippen LogP contribution >= 0.6 is 0 Å². The third-order valence-corrected chi connectivity index (χ3v) is 8.17. The Labute approximate surface area is 221 Å². The molecule has 0 bridgehead atoms. The predicted octanol–water partition coefficient (Wildman–Crippen LogP) is 2.86. The maximum absolute atomic E-state index is 14.0. The van der Waals surface area contributed by atoms with Crippen molar-refractivity contribution in [2.75, 3.05) is 13.7 Å². The van der Waals surface area contributed by atoms with Gasteiger partial charge in [-0.05, 0) is 76.0 Å². The molecule has 204 valence electrons. The number of amides is 3. The lowest BCUT2D eigenvalue weighted by molar-refractivity contribution is -0.146. The van der Waals surface area contributed by atoms with E-state index in [1.807, 2.05) is 12.1 Å².